The third kappa shape index (κ3) is 21.9. The van der Waals surface area contributed by atoms with Gasteiger partial charge >= 0.3 is 25.5 Å². The number of ether oxygens (including phenoxy) is 1. The van der Waals surface area contributed by atoms with Crippen LogP contribution in [0.1, 0.15) is 217 Å². The molecule has 0 N–H and O–H groups in total. The van der Waals surface area contributed by atoms with E-state index in [2.05, 4.69) is 108 Å². The zero-order valence-electron chi connectivity index (χ0n) is 35.3. The number of nitrogens with zero attached hydrogens (tertiary/aromatic N) is 2. The molecule has 2 rings (SSSR count). The van der Waals surface area contributed by atoms with Crippen LogP contribution in [0.2, 0.25) is 0 Å². The van der Waals surface area contributed by atoms with E-state index in [4.69, 9.17) is 18.3 Å². The van der Waals surface area contributed by atoms with E-state index in [1.165, 1.54) is 89.9 Å². The molecule has 0 atom stereocenters. The molecule has 0 amide bonds. The van der Waals surface area contributed by atoms with Crippen LogP contribution in [0.3, 0.4) is 0 Å². The Kier molecular flexibility index (Phi) is 27.9. The Morgan fingerprint density at radius 3 is 1.41 bits per heavy atom. The number of unbranched alkanes of at least 4 members (excludes halogenated alkanes) is 15. The molecule has 7 nitrogen and oxygen atoms in total. The van der Waals surface area contributed by atoms with Gasteiger partial charge in [0, 0.05) is 41.4 Å². The second kappa shape index (κ2) is 28.1. The summed E-state index contributed by atoms with van der Waals surface area (Å²) in [6.45, 7) is 28.0. The van der Waals surface area contributed by atoms with Crippen molar-refractivity contribution in [3.05, 3.63) is 13.3 Å². The van der Waals surface area contributed by atoms with Crippen LogP contribution >= 0.6 is 0 Å². The molecule has 0 aromatic heterocycles. The van der Waals surface area contributed by atoms with Gasteiger partial charge in [0.25, 0.3) is 0 Å². The zero-order chi connectivity index (χ0) is 38.8. The number of hydrogen-bond acceptors (Lipinski definition) is 7. The first-order valence-electron chi connectivity index (χ1n) is 20.9. The molecule has 0 spiro atoms. The molecule has 8 heteroatoms. The maximum absolute atomic E-state index is 12.3. The van der Waals surface area contributed by atoms with Gasteiger partial charge in [-0.15, -0.1) is 0 Å². The van der Waals surface area contributed by atoms with Gasteiger partial charge in [0.05, 0.1) is 13.2 Å². The van der Waals surface area contributed by atoms with Crippen molar-refractivity contribution in [1.29, 1.82) is 0 Å². The molecule has 2 aliphatic heterocycles. The average molecular weight is 768 g/mol. The molecular formula is C43H84CoN2O5-2. The van der Waals surface area contributed by atoms with Crippen molar-refractivity contribution >= 4 is 5.97 Å². The topological polar surface area (TPSA) is 68.3 Å². The molecule has 2 saturated heterocycles. The molecule has 0 radical (unpaired) electrons. The van der Waals surface area contributed by atoms with Gasteiger partial charge in [0.1, 0.15) is 6.10 Å². The van der Waals surface area contributed by atoms with Gasteiger partial charge in [-0.3, -0.25) is 14.5 Å². The number of carbonyl (C=O) groups is 1. The summed E-state index contributed by atoms with van der Waals surface area (Å²) in [6, 6.07) is 0. The van der Waals surface area contributed by atoms with E-state index >= 15 is 0 Å². The first kappa shape index (κ1) is 50.6. The van der Waals surface area contributed by atoms with Crippen molar-refractivity contribution in [2.75, 3.05) is 13.2 Å². The number of piperidine rings is 2. The van der Waals surface area contributed by atoms with E-state index in [-0.39, 0.29) is 34.2 Å². The van der Waals surface area contributed by atoms with Gasteiger partial charge in [-0.2, -0.15) is 29.4 Å². The van der Waals surface area contributed by atoms with E-state index < -0.39 is 0 Å². The summed E-state index contributed by atoms with van der Waals surface area (Å²) in [5.41, 5.74) is -0.0416. The van der Waals surface area contributed by atoms with Crippen molar-refractivity contribution < 1.29 is 38.7 Å². The van der Waals surface area contributed by atoms with Crippen LogP contribution in [-0.4, -0.2) is 57.6 Å². The molecule has 0 unspecified atom stereocenters. The predicted octanol–water partition coefficient (Wildman–Crippen LogP) is 12.4. The van der Waals surface area contributed by atoms with Crippen molar-refractivity contribution in [2.45, 2.75) is 245 Å². The van der Waals surface area contributed by atoms with Crippen molar-refractivity contribution in [1.82, 2.24) is 10.1 Å². The molecule has 2 fully saturated rings. The minimum absolute atomic E-state index is 0.0254. The summed E-state index contributed by atoms with van der Waals surface area (Å²) in [7, 11) is 0. The number of rotatable bonds is 24. The van der Waals surface area contributed by atoms with Crippen LogP contribution in [0, 0.1) is 13.3 Å². The van der Waals surface area contributed by atoms with Gasteiger partial charge in [-0.25, -0.2) is 0 Å². The Bertz CT molecular complexity index is 831. The molecule has 2 heterocycles. The summed E-state index contributed by atoms with van der Waals surface area (Å²) < 4.78 is 13.8. The standard InChI is InChI=1S/C26H50NO3.C17H34NO.Co.O/c1-7-9-11-13-15-17-19-24(28)30-23-21-25(3,4)27(26(5,6)22-23)29-20-18-16-14-12-10-8-2;1-6-7-8-9-10-11-15-19-18-16(2,3)13-12-14-17(18,4)5;;/h23H,1,7-22H2,2-6H3;12H,6-11,13-15H2,1-5H3;;/q2*-1;;. The van der Waals surface area contributed by atoms with Crippen molar-refractivity contribution in [3.8, 4) is 0 Å². The summed E-state index contributed by atoms with van der Waals surface area (Å²) in [5, 5.41) is 4.44. The summed E-state index contributed by atoms with van der Waals surface area (Å²) in [4.78, 5) is 24.8. The fourth-order valence-corrected chi connectivity index (χ4v) is 8.02. The Hall–Kier alpha value is -0.384. The second-order valence-corrected chi connectivity index (χ2v) is 17.6. The van der Waals surface area contributed by atoms with Crippen LogP contribution in [0.5, 0.6) is 0 Å². The predicted molar refractivity (Wildman–Crippen MR) is 210 cm³/mol. The van der Waals surface area contributed by atoms with Crippen molar-refractivity contribution in [2.24, 2.45) is 0 Å². The summed E-state index contributed by atoms with van der Waals surface area (Å²) in [5.74, 6) is -0.0368. The number of esters is 1. The fourth-order valence-electron chi connectivity index (χ4n) is 8.02. The Balaban J connectivity index is 0.00000102. The third-order valence-electron chi connectivity index (χ3n) is 10.3. The van der Waals surface area contributed by atoms with Gasteiger partial charge < -0.3 is 18.1 Å². The normalized spacial score (nSPS) is 19.8. The number of carbonyl (C=O) groups excluding carboxylic acids is 1. The summed E-state index contributed by atoms with van der Waals surface area (Å²) in [6.07, 6.45) is 29.0. The van der Waals surface area contributed by atoms with Gasteiger partial charge in [-0.1, -0.05) is 104 Å². The number of hydrogen-bond donors (Lipinski definition) is 0. The molecule has 0 bridgehead atoms. The van der Waals surface area contributed by atoms with Gasteiger partial charge in [0.15, 0.2) is 0 Å². The van der Waals surface area contributed by atoms with Crippen LogP contribution in [0.25, 0.3) is 0 Å². The quantitative estimate of drug-likeness (QED) is 0.0550. The minimum atomic E-state index is -0.150. The van der Waals surface area contributed by atoms with E-state index in [0.29, 0.717) is 6.42 Å². The molecule has 2 aliphatic rings. The van der Waals surface area contributed by atoms with E-state index in [9.17, 15) is 4.79 Å². The Morgan fingerprint density at radius 2 is 0.980 bits per heavy atom. The SMILES string of the molecule is CCCCCCCCON1C(C)(C)C[CH-]CC1(C)C.[CH2-]CCCCCCCC(=O)OC1CC(C)(C)N(OCCCCCCCC)C(C)(C)C1.[O]=[Co]. The monoisotopic (exact) mass is 768 g/mol. The number of hydroxylamine groups is 4. The Labute approximate surface area is 325 Å². The van der Waals surface area contributed by atoms with E-state index in [0.717, 1.165) is 64.6 Å². The van der Waals surface area contributed by atoms with E-state index in [1.54, 1.807) is 0 Å². The van der Waals surface area contributed by atoms with Crippen LogP contribution < -0.4 is 0 Å². The molecule has 307 valence electrons. The first-order chi connectivity index (χ1) is 24.1. The van der Waals surface area contributed by atoms with Gasteiger partial charge in [0.2, 0.25) is 0 Å². The Morgan fingerprint density at radius 1 is 0.608 bits per heavy atom. The average Bonchev–Trinajstić information content (AvgIpc) is 3.04. The fraction of sp³-hybridized carbons (Fsp3) is 0.930. The van der Waals surface area contributed by atoms with Crippen LogP contribution in [-0.2, 0) is 38.7 Å². The van der Waals surface area contributed by atoms with Crippen molar-refractivity contribution in [3.63, 3.8) is 0 Å². The molecular weight excluding hydrogens is 683 g/mol. The molecule has 0 aromatic carbocycles. The van der Waals surface area contributed by atoms with Crippen LogP contribution in [0.4, 0.5) is 0 Å². The molecule has 51 heavy (non-hydrogen) atoms. The zero-order valence-corrected chi connectivity index (χ0v) is 36.3. The second-order valence-electron chi connectivity index (χ2n) is 17.6. The third-order valence-corrected chi connectivity index (χ3v) is 10.3. The maximum atomic E-state index is 12.3. The van der Waals surface area contributed by atoms with E-state index in [1.807, 2.05) is 0 Å². The first-order valence-corrected chi connectivity index (χ1v) is 21.4. The van der Waals surface area contributed by atoms with Gasteiger partial charge in [-0.05, 0) is 74.7 Å². The molecule has 0 saturated carbocycles. The summed E-state index contributed by atoms with van der Waals surface area (Å²) >= 11 is 2.31. The van der Waals surface area contributed by atoms with Crippen LogP contribution in [0.15, 0.2) is 0 Å². The molecule has 0 aromatic rings. The molecule has 0 aliphatic carbocycles.